The zero-order valence-corrected chi connectivity index (χ0v) is 14.5. The number of nitrogens with one attached hydrogen (secondary N) is 1. The molecule has 0 unspecified atom stereocenters. The van der Waals surface area contributed by atoms with E-state index >= 15 is 0 Å². The number of carbonyl (C=O) groups is 1. The van der Waals surface area contributed by atoms with Gasteiger partial charge >= 0.3 is 0 Å². The lowest BCUT2D eigenvalue weighted by molar-refractivity contribution is -0.134. The van der Waals surface area contributed by atoms with Gasteiger partial charge in [0.1, 0.15) is 0 Å². The fraction of sp³-hybridized carbons (Fsp3) is 0.471. The molecule has 6 nitrogen and oxygen atoms in total. The first-order chi connectivity index (χ1) is 11.2. The highest BCUT2D eigenvalue weighted by Gasteiger charge is 2.25. The van der Waals surface area contributed by atoms with Gasteiger partial charge in [-0.05, 0) is 18.1 Å². The Hall–Kier alpha value is -1.60. The van der Waals surface area contributed by atoms with Gasteiger partial charge in [-0.2, -0.15) is 0 Å². The molecule has 1 amide bonds. The van der Waals surface area contributed by atoms with Crippen molar-refractivity contribution in [3.8, 4) is 0 Å². The highest BCUT2D eigenvalue weighted by atomic mass is 35.5. The second-order valence-electron chi connectivity index (χ2n) is 6.06. The molecule has 7 heteroatoms. The van der Waals surface area contributed by atoms with Crippen molar-refractivity contribution in [1.29, 1.82) is 0 Å². The number of β-amino-alcohol motifs (C(OH)–C–C–N with tert-alkyl or cyclic N) is 1. The smallest absolute Gasteiger partial charge is 0.239 e. The van der Waals surface area contributed by atoms with E-state index in [9.17, 15) is 4.79 Å². The number of rotatable bonds is 5. The van der Waals surface area contributed by atoms with E-state index in [0.29, 0.717) is 26.1 Å². The zero-order valence-electron chi connectivity index (χ0n) is 13.6. The summed E-state index contributed by atoms with van der Waals surface area (Å²) in [4.78, 5) is 19.8. The topological polar surface area (TPSA) is 85.6 Å². The first-order valence-electron chi connectivity index (χ1n) is 8.11. The van der Waals surface area contributed by atoms with Crippen LogP contribution in [0.1, 0.15) is 5.56 Å². The molecule has 132 valence electrons. The van der Waals surface area contributed by atoms with E-state index in [0.717, 1.165) is 29.6 Å². The number of nitrogens with zero attached hydrogens (tertiary/aromatic N) is 2. The number of nitrogens with two attached hydrogens (primary N) is 1. The molecule has 4 N–H and O–H groups in total. The fourth-order valence-electron chi connectivity index (χ4n) is 3.19. The van der Waals surface area contributed by atoms with Gasteiger partial charge in [-0.1, -0.05) is 18.2 Å². The van der Waals surface area contributed by atoms with Crippen molar-refractivity contribution < 1.29 is 9.90 Å². The average molecular weight is 353 g/mol. The number of benzene rings is 1. The lowest BCUT2D eigenvalue weighted by Crippen LogP contribution is -2.53. The fourth-order valence-corrected chi connectivity index (χ4v) is 3.19. The molecule has 0 saturated carbocycles. The van der Waals surface area contributed by atoms with Crippen LogP contribution in [-0.2, 0) is 11.2 Å². The van der Waals surface area contributed by atoms with Crippen molar-refractivity contribution in [2.75, 3.05) is 39.3 Å². The van der Waals surface area contributed by atoms with Crippen LogP contribution in [0.15, 0.2) is 30.5 Å². The summed E-state index contributed by atoms with van der Waals surface area (Å²) in [6.45, 7) is 3.79. The molecule has 24 heavy (non-hydrogen) atoms. The molecule has 0 aliphatic carbocycles. The van der Waals surface area contributed by atoms with Gasteiger partial charge in [-0.25, -0.2) is 0 Å². The highest BCUT2D eigenvalue weighted by Crippen LogP contribution is 2.19. The Kier molecular flexibility index (Phi) is 6.62. The number of hydrogen-bond donors (Lipinski definition) is 3. The van der Waals surface area contributed by atoms with Gasteiger partial charge in [0, 0.05) is 49.8 Å². The van der Waals surface area contributed by atoms with Crippen LogP contribution in [0.4, 0.5) is 0 Å². The Balaban J connectivity index is 0.00000208. The maximum atomic E-state index is 12.5. The molecule has 2 heterocycles. The van der Waals surface area contributed by atoms with Crippen LogP contribution in [0.3, 0.4) is 0 Å². The lowest BCUT2D eigenvalue weighted by atomic mass is 10.0. The molecule has 1 saturated heterocycles. The second kappa shape index (κ2) is 8.48. The van der Waals surface area contributed by atoms with Crippen molar-refractivity contribution in [3.63, 3.8) is 0 Å². The van der Waals surface area contributed by atoms with Crippen LogP contribution in [0, 0.1) is 0 Å². The van der Waals surface area contributed by atoms with E-state index in [-0.39, 0.29) is 24.9 Å². The number of aromatic nitrogens is 1. The minimum Gasteiger partial charge on any atom is -0.395 e. The quantitative estimate of drug-likeness (QED) is 0.735. The molecule has 1 atom stereocenters. The van der Waals surface area contributed by atoms with Crippen LogP contribution in [0.25, 0.3) is 10.9 Å². The van der Waals surface area contributed by atoms with Gasteiger partial charge in [-0.3, -0.25) is 9.69 Å². The zero-order chi connectivity index (χ0) is 16.2. The lowest BCUT2D eigenvalue weighted by Gasteiger charge is -2.35. The third-order valence-electron chi connectivity index (χ3n) is 4.53. The van der Waals surface area contributed by atoms with Gasteiger partial charge in [0.2, 0.25) is 5.91 Å². The molecule has 2 aromatic rings. The molecule has 3 rings (SSSR count). The molecule has 1 fully saturated rings. The number of carbonyl (C=O) groups excluding carboxylic acids is 1. The standard InChI is InChI=1S/C17H24N4O2.ClH/c18-15(11-13-12-19-16-4-2-1-3-14(13)16)17(23)21-7-5-20(6-8-21)9-10-22;/h1-4,12,15,19,22H,5-11,18H2;1H/t15-;/m0./s1. The van der Waals surface area contributed by atoms with Crippen LogP contribution in [-0.4, -0.2) is 71.2 Å². The van der Waals surface area contributed by atoms with E-state index in [1.165, 1.54) is 0 Å². The third kappa shape index (κ3) is 4.08. The largest absolute Gasteiger partial charge is 0.395 e. The summed E-state index contributed by atoms with van der Waals surface area (Å²) in [6, 6.07) is 7.53. The maximum Gasteiger partial charge on any atom is 0.239 e. The normalized spacial score (nSPS) is 16.8. The maximum absolute atomic E-state index is 12.5. The van der Waals surface area contributed by atoms with Crippen LogP contribution in [0.5, 0.6) is 0 Å². The van der Waals surface area contributed by atoms with E-state index < -0.39 is 6.04 Å². The molecule has 1 aromatic carbocycles. The van der Waals surface area contributed by atoms with E-state index in [1.54, 1.807) is 0 Å². The van der Waals surface area contributed by atoms with Crippen molar-refractivity contribution >= 4 is 29.2 Å². The molecule has 0 spiro atoms. The molecule has 0 bridgehead atoms. The number of halogens is 1. The van der Waals surface area contributed by atoms with Gasteiger partial charge < -0.3 is 20.7 Å². The SMILES string of the molecule is Cl.N[C@@H](Cc1c[nH]c2ccccc12)C(=O)N1CCN(CCO)CC1. The number of fused-ring (bicyclic) bond motifs is 1. The molecular formula is C17H25ClN4O2. The van der Waals surface area contributed by atoms with Crippen molar-refractivity contribution in [3.05, 3.63) is 36.0 Å². The summed E-state index contributed by atoms with van der Waals surface area (Å²) in [7, 11) is 0. The Morgan fingerprint density at radius 3 is 2.67 bits per heavy atom. The first kappa shape index (κ1) is 18.7. The number of piperazine rings is 1. The predicted octanol–water partition coefficient (Wildman–Crippen LogP) is 0.596. The van der Waals surface area contributed by atoms with Crippen LogP contribution < -0.4 is 5.73 Å². The molecular weight excluding hydrogens is 328 g/mol. The summed E-state index contributed by atoms with van der Waals surface area (Å²) in [6.07, 6.45) is 2.48. The summed E-state index contributed by atoms with van der Waals surface area (Å²) < 4.78 is 0. The van der Waals surface area contributed by atoms with Crippen molar-refractivity contribution in [1.82, 2.24) is 14.8 Å². The van der Waals surface area contributed by atoms with Gasteiger partial charge in [-0.15, -0.1) is 12.4 Å². The molecule has 1 aromatic heterocycles. The van der Waals surface area contributed by atoms with Crippen molar-refractivity contribution in [2.24, 2.45) is 5.73 Å². The predicted molar refractivity (Wildman–Crippen MR) is 97.3 cm³/mol. The Morgan fingerprint density at radius 2 is 1.96 bits per heavy atom. The van der Waals surface area contributed by atoms with Crippen LogP contribution >= 0.6 is 12.4 Å². The summed E-state index contributed by atoms with van der Waals surface area (Å²) in [5.74, 6) is 0.0129. The number of aliphatic hydroxyl groups is 1. The number of amides is 1. The Bertz CT molecular complexity index is 667. The third-order valence-corrected chi connectivity index (χ3v) is 4.53. The number of hydrogen-bond acceptors (Lipinski definition) is 4. The molecule has 1 aliphatic heterocycles. The Morgan fingerprint density at radius 1 is 1.25 bits per heavy atom. The van der Waals surface area contributed by atoms with E-state index in [2.05, 4.69) is 9.88 Å². The summed E-state index contributed by atoms with van der Waals surface area (Å²) >= 11 is 0. The highest BCUT2D eigenvalue weighted by molar-refractivity contribution is 5.86. The van der Waals surface area contributed by atoms with Gasteiger partial charge in [0.05, 0.1) is 12.6 Å². The second-order valence-corrected chi connectivity index (χ2v) is 6.06. The van der Waals surface area contributed by atoms with E-state index in [4.69, 9.17) is 10.8 Å². The monoisotopic (exact) mass is 352 g/mol. The number of aromatic amines is 1. The van der Waals surface area contributed by atoms with Gasteiger partial charge in [0.25, 0.3) is 0 Å². The summed E-state index contributed by atoms with van der Waals surface area (Å²) in [5.41, 5.74) is 8.32. The average Bonchev–Trinajstić information content (AvgIpc) is 2.98. The van der Waals surface area contributed by atoms with Crippen LogP contribution in [0.2, 0.25) is 0 Å². The minimum absolute atomic E-state index is 0. The van der Waals surface area contributed by atoms with E-state index in [1.807, 2.05) is 35.4 Å². The Labute approximate surface area is 148 Å². The number of H-pyrrole nitrogens is 1. The van der Waals surface area contributed by atoms with Crippen molar-refractivity contribution in [2.45, 2.75) is 12.5 Å². The number of aliphatic hydroxyl groups excluding tert-OH is 1. The first-order valence-corrected chi connectivity index (χ1v) is 8.11. The number of para-hydroxylation sites is 1. The molecule has 0 radical (unpaired) electrons. The minimum atomic E-state index is -0.515. The van der Waals surface area contributed by atoms with Gasteiger partial charge in [0.15, 0.2) is 0 Å². The summed E-state index contributed by atoms with van der Waals surface area (Å²) in [5, 5.41) is 10.1. The molecule has 1 aliphatic rings.